The molecule has 0 fully saturated rings. The first kappa shape index (κ1) is 11.7. The Balaban J connectivity index is 0. The maximum atomic E-state index is 10.3. The molecule has 0 saturated carbocycles. The maximum Gasteiger partial charge on any atom is 0.0647 e. The van der Waals surface area contributed by atoms with Crippen molar-refractivity contribution in [3.05, 3.63) is 0 Å². The highest BCUT2D eigenvalue weighted by Crippen LogP contribution is 1.87. The van der Waals surface area contributed by atoms with E-state index >= 15 is 0 Å². The zero-order chi connectivity index (χ0) is 7.70. The Hall–Kier alpha value is -0.0800. The summed E-state index contributed by atoms with van der Waals surface area (Å²) in [6, 6.07) is 0. The summed E-state index contributed by atoms with van der Waals surface area (Å²) in [6.45, 7) is 3.84. The molecule has 0 radical (unpaired) electrons. The van der Waals surface area contributed by atoms with Gasteiger partial charge in [0.1, 0.15) is 0 Å². The van der Waals surface area contributed by atoms with Crippen molar-refractivity contribution in [2.45, 2.75) is 32.8 Å². The van der Waals surface area contributed by atoms with E-state index in [2.05, 4.69) is 0 Å². The van der Waals surface area contributed by atoms with Gasteiger partial charge in [-0.3, -0.25) is 0 Å². The minimum absolute atomic E-state index is 0.315. The number of hydrogen-bond acceptors (Lipinski definition) is 1. The molecule has 0 aliphatic carbocycles. The molecule has 9 heavy (non-hydrogen) atoms. The SMILES string of the molecule is CCC([O-])CC.C[NH2+]C. The first-order chi connectivity index (χ1) is 4.22. The summed E-state index contributed by atoms with van der Waals surface area (Å²) in [5, 5.41) is 12.3. The highest BCUT2D eigenvalue weighted by molar-refractivity contribution is 4.41. The molecule has 0 aromatic heterocycles. The summed E-state index contributed by atoms with van der Waals surface area (Å²) in [4.78, 5) is 0. The number of nitrogens with two attached hydrogens (primary N) is 1. The fourth-order valence-electron chi connectivity index (χ4n) is 0.289. The fraction of sp³-hybridized carbons (Fsp3) is 1.00. The van der Waals surface area contributed by atoms with E-state index in [0.29, 0.717) is 0 Å². The molecule has 0 amide bonds. The largest absolute Gasteiger partial charge is 0.852 e. The molecule has 0 aliphatic rings. The predicted octanol–water partition coefficient (Wildman–Crippen LogP) is -0.655. The van der Waals surface area contributed by atoms with Gasteiger partial charge in [-0.05, 0) is 0 Å². The van der Waals surface area contributed by atoms with Crippen LogP contribution in [0.2, 0.25) is 0 Å². The Bertz CT molecular complexity index is 35.9. The summed E-state index contributed by atoms with van der Waals surface area (Å²) in [5.41, 5.74) is 0. The van der Waals surface area contributed by atoms with Gasteiger partial charge in [0.25, 0.3) is 0 Å². The molecule has 0 atom stereocenters. The van der Waals surface area contributed by atoms with E-state index in [9.17, 15) is 5.11 Å². The lowest BCUT2D eigenvalue weighted by Crippen LogP contribution is -2.74. The summed E-state index contributed by atoms with van der Waals surface area (Å²) in [5.74, 6) is 0. The van der Waals surface area contributed by atoms with Gasteiger partial charge in [-0.25, -0.2) is 0 Å². The second-order valence-electron chi connectivity index (χ2n) is 2.02. The second kappa shape index (κ2) is 10.8. The molecule has 0 aliphatic heterocycles. The van der Waals surface area contributed by atoms with Gasteiger partial charge in [0.2, 0.25) is 0 Å². The van der Waals surface area contributed by atoms with E-state index < -0.39 is 0 Å². The average molecular weight is 133 g/mol. The third kappa shape index (κ3) is 18.1. The molecular weight excluding hydrogens is 114 g/mol. The van der Waals surface area contributed by atoms with Crippen molar-refractivity contribution in [2.24, 2.45) is 0 Å². The van der Waals surface area contributed by atoms with E-state index in [1.165, 1.54) is 0 Å². The van der Waals surface area contributed by atoms with Crippen LogP contribution < -0.4 is 10.4 Å². The molecule has 58 valence electrons. The third-order valence-corrected chi connectivity index (χ3v) is 0.911. The van der Waals surface area contributed by atoms with Gasteiger partial charge < -0.3 is 10.4 Å². The zero-order valence-corrected chi connectivity index (χ0v) is 6.98. The zero-order valence-electron chi connectivity index (χ0n) is 6.98. The van der Waals surface area contributed by atoms with E-state index in [1.807, 2.05) is 33.3 Å². The van der Waals surface area contributed by atoms with Crippen LogP contribution in [0.1, 0.15) is 26.7 Å². The first-order valence-electron chi connectivity index (χ1n) is 3.62. The molecule has 0 aromatic carbocycles. The standard InChI is InChI=1S/C5H11O.C2H7N/c1-3-5(6)4-2;1-3-2/h5H,3-4H2,1-2H3;3H,1-2H3/q-1;/p+1. The molecule has 0 saturated heterocycles. The normalized spacial score (nSPS) is 8.67. The van der Waals surface area contributed by atoms with Crippen molar-refractivity contribution in [3.8, 4) is 0 Å². The van der Waals surface area contributed by atoms with Crippen LogP contribution in [-0.4, -0.2) is 20.2 Å². The van der Waals surface area contributed by atoms with Gasteiger partial charge in [0.05, 0.1) is 14.1 Å². The topological polar surface area (TPSA) is 39.7 Å². The molecule has 2 heteroatoms. The van der Waals surface area contributed by atoms with Gasteiger partial charge in [-0.15, -0.1) is 6.10 Å². The Kier molecular flexibility index (Phi) is 14.0. The van der Waals surface area contributed by atoms with Crippen LogP contribution in [0.15, 0.2) is 0 Å². The fourth-order valence-corrected chi connectivity index (χ4v) is 0.289. The highest BCUT2D eigenvalue weighted by atomic mass is 16.3. The summed E-state index contributed by atoms with van der Waals surface area (Å²) >= 11 is 0. The summed E-state index contributed by atoms with van der Waals surface area (Å²) in [7, 11) is 4.00. The molecule has 0 bridgehead atoms. The lowest BCUT2D eigenvalue weighted by atomic mass is 10.2. The Labute approximate surface area is 58.3 Å². The Morgan fingerprint density at radius 3 is 1.44 bits per heavy atom. The van der Waals surface area contributed by atoms with E-state index in [4.69, 9.17) is 0 Å². The molecule has 2 N–H and O–H groups in total. The first-order valence-corrected chi connectivity index (χ1v) is 3.62. The van der Waals surface area contributed by atoms with Crippen molar-refractivity contribution < 1.29 is 10.4 Å². The van der Waals surface area contributed by atoms with Gasteiger partial charge in [-0.2, -0.15) is 0 Å². The minimum atomic E-state index is -0.315. The molecule has 0 unspecified atom stereocenters. The number of rotatable bonds is 2. The van der Waals surface area contributed by atoms with Crippen molar-refractivity contribution in [3.63, 3.8) is 0 Å². The molecule has 0 aromatic rings. The van der Waals surface area contributed by atoms with Crippen LogP contribution in [0.25, 0.3) is 0 Å². The maximum absolute atomic E-state index is 10.3. The predicted molar refractivity (Wildman–Crippen MR) is 38.1 cm³/mol. The van der Waals surface area contributed by atoms with Crippen LogP contribution in [0.3, 0.4) is 0 Å². The van der Waals surface area contributed by atoms with Crippen molar-refractivity contribution >= 4 is 0 Å². The molecule has 2 nitrogen and oxygen atoms in total. The molecule has 0 rings (SSSR count). The highest BCUT2D eigenvalue weighted by Gasteiger charge is 1.78. The summed E-state index contributed by atoms with van der Waals surface area (Å²) < 4.78 is 0. The van der Waals surface area contributed by atoms with Gasteiger partial charge in [-0.1, -0.05) is 26.7 Å². The smallest absolute Gasteiger partial charge is 0.0647 e. The van der Waals surface area contributed by atoms with Gasteiger partial charge in [0.15, 0.2) is 0 Å². The molecular formula is C7H19NO. The van der Waals surface area contributed by atoms with E-state index in [-0.39, 0.29) is 6.10 Å². The van der Waals surface area contributed by atoms with Crippen LogP contribution in [0, 0.1) is 0 Å². The average Bonchev–Trinajstić information content (AvgIpc) is 1.88. The van der Waals surface area contributed by atoms with Gasteiger partial charge >= 0.3 is 0 Å². The summed E-state index contributed by atoms with van der Waals surface area (Å²) in [6.07, 6.45) is 1.23. The lowest BCUT2D eigenvalue weighted by molar-refractivity contribution is -0.597. The minimum Gasteiger partial charge on any atom is -0.852 e. The Morgan fingerprint density at radius 2 is 1.44 bits per heavy atom. The van der Waals surface area contributed by atoms with Crippen molar-refractivity contribution in [2.75, 3.05) is 14.1 Å². The van der Waals surface area contributed by atoms with Crippen LogP contribution >= 0.6 is 0 Å². The number of hydrogen-bond donors (Lipinski definition) is 1. The number of quaternary nitrogens is 1. The third-order valence-electron chi connectivity index (χ3n) is 0.911. The van der Waals surface area contributed by atoms with E-state index in [1.54, 1.807) is 0 Å². The Morgan fingerprint density at radius 1 is 1.22 bits per heavy atom. The quantitative estimate of drug-likeness (QED) is 0.534. The van der Waals surface area contributed by atoms with Crippen LogP contribution in [0.4, 0.5) is 0 Å². The van der Waals surface area contributed by atoms with Gasteiger partial charge in [0, 0.05) is 0 Å². The van der Waals surface area contributed by atoms with Crippen molar-refractivity contribution in [1.82, 2.24) is 0 Å². The van der Waals surface area contributed by atoms with Crippen LogP contribution in [-0.2, 0) is 0 Å². The van der Waals surface area contributed by atoms with Crippen molar-refractivity contribution in [1.29, 1.82) is 0 Å². The molecule has 0 heterocycles. The lowest BCUT2D eigenvalue weighted by Gasteiger charge is -2.15. The second-order valence-corrected chi connectivity index (χ2v) is 2.02. The monoisotopic (exact) mass is 133 g/mol. The molecule has 0 spiro atoms. The van der Waals surface area contributed by atoms with E-state index in [0.717, 1.165) is 12.8 Å². The van der Waals surface area contributed by atoms with Crippen LogP contribution in [0.5, 0.6) is 0 Å².